The minimum Gasteiger partial charge on any atom is -0.395 e. The molecule has 5 amide bonds. The van der Waals surface area contributed by atoms with Crippen LogP contribution in [0.3, 0.4) is 0 Å². The van der Waals surface area contributed by atoms with Crippen LogP contribution in [-0.4, -0.2) is 170 Å². The number of nitrogens with one attached hydrogen (secondary N) is 4. The molecular weight excluding hydrogens is 786 g/mol. The van der Waals surface area contributed by atoms with Crippen LogP contribution in [0.15, 0.2) is 42.6 Å². The number of hydrogen-bond acceptors (Lipinski definition) is 13. The second-order valence-corrected chi connectivity index (χ2v) is 14.8. The van der Waals surface area contributed by atoms with Crippen molar-refractivity contribution in [2.75, 3.05) is 108 Å². The van der Waals surface area contributed by atoms with Gasteiger partial charge in [0.1, 0.15) is 11.9 Å². The van der Waals surface area contributed by atoms with Crippen molar-refractivity contribution in [2.45, 2.75) is 91.7 Å². The number of piperidine rings is 2. The van der Waals surface area contributed by atoms with Gasteiger partial charge in [0.25, 0.3) is 0 Å². The minimum absolute atomic E-state index is 0.234. The van der Waals surface area contributed by atoms with E-state index >= 15 is 0 Å². The fourth-order valence-electron chi connectivity index (χ4n) is 7.08. The molecule has 0 aromatic heterocycles. The third-order valence-corrected chi connectivity index (χ3v) is 10.4. The van der Waals surface area contributed by atoms with Crippen molar-refractivity contribution in [3.05, 3.63) is 48.4 Å². The number of allylic oxidation sites excluding steroid dienone is 2. The van der Waals surface area contributed by atoms with Crippen LogP contribution in [-0.2, 0) is 24.0 Å². The second-order valence-electron chi connectivity index (χ2n) is 14.8. The smallest absolute Gasteiger partial charge is 0.249 e. The third kappa shape index (κ3) is 21.3. The van der Waals surface area contributed by atoms with Gasteiger partial charge in [-0.3, -0.25) is 44.4 Å². The van der Waals surface area contributed by atoms with Gasteiger partial charge in [-0.2, -0.15) is 0 Å². The maximum absolute atomic E-state index is 14.8. The monoisotopic (exact) mass is 862 g/mol. The number of anilines is 2. The fraction of sp³-hybridized carbons (Fsp3) is 0.659. The Labute approximate surface area is 363 Å². The van der Waals surface area contributed by atoms with E-state index in [0.29, 0.717) is 76.3 Å². The molecule has 0 spiro atoms. The van der Waals surface area contributed by atoms with Crippen LogP contribution in [0.2, 0.25) is 0 Å². The molecule has 4 saturated heterocycles. The predicted molar refractivity (Wildman–Crippen MR) is 240 cm³/mol. The maximum atomic E-state index is 14.8. The molecule has 346 valence electrons. The highest BCUT2D eigenvalue weighted by Gasteiger charge is 2.35. The van der Waals surface area contributed by atoms with Gasteiger partial charge in [0.05, 0.1) is 17.9 Å². The summed E-state index contributed by atoms with van der Waals surface area (Å²) in [6.45, 7) is 27.4. The van der Waals surface area contributed by atoms with Crippen molar-refractivity contribution in [3.8, 4) is 0 Å². The van der Waals surface area contributed by atoms with Crippen molar-refractivity contribution >= 4 is 41.9 Å². The van der Waals surface area contributed by atoms with Crippen LogP contribution in [0.5, 0.6) is 0 Å². The van der Waals surface area contributed by atoms with Gasteiger partial charge in [-0.05, 0) is 76.4 Å². The molecule has 1 atom stereocenters. The lowest BCUT2D eigenvalue weighted by molar-refractivity contribution is -0.134. The second kappa shape index (κ2) is 31.4. The molecule has 0 radical (unpaired) electrons. The van der Waals surface area contributed by atoms with Crippen LogP contribution in [0.1, 0.15) is 80.1 Å². The molecule has 61 heavy (non-hydrogen) atoms. The molecule has 16 nitrogen and oxygen atoms in total. The summed E-state index contributed by atoms with van der Waals surface area (Å²) >= 11 is 0. The zero-order chi connectivity index (χ0) is 45.6. The van der Waals surface area contributed by atoms with E-state index in [9.17, 15) is 33.5 Å². The normalized spacial score (nSPS) is 19.0. The third-order valence-electron chi connectivity index (χ3n) is 10.4. The summed E-state index contributed by atoms with van der Waals surface area (Å²) in [6, 6.07) is 4.29. The lowest BCUT2D eigenvalue weighted by atomic mass is 9.91. The molecule has 1 unspecified atom stereocenters. The quantitative estimate of drug-likeness (QED) is 0.0617. The van der Waals surface area contributed by atoms with Gasteiger partial charge in [-0.15, -0.1) is 0 Å². The number of aliphatic hydroxyl groups excluding tert-OH is 1. The Morgan fingerprint density at radius 3 is 2.11 bits per heavy atom. The standard InChI is InChI=1S/C22H30FN5O4.C15H29N3O.C3H5NO2.2C2H6/c23-17-13-16(24-18-2-4-20(30)25-21(18)31)1-3-19(17)28-11-9-26(10-12-28)14-22(32)5-7-27(15-29)8-6-22;1-3-6-15(2)18-12-10-17(11-13-18)9-5-4-7-16-8-14-19;1-3(6)4-2-5;2*1-2/h1,3,13,15,18,24,32H,2,4-12,14H2,(H,25,30,31);3,6,16,19H,2,4-5,7-14H2,1H3;2H,1H3,(H,4,5,6);2*1-2H3/b;6-3-;;;. The Morgan fingerprint density at radius 1 is 0.951 bits per heavy atom. The molecule has 5 rings (SSSR count). The molecule has 17 heteroatoms. The molecule has 4 heterocycles. The summed E-state index contributed by atoms with van der Waals surface area (Å²) in [4.78, 5) is 63.8. The lowest BCUT2D eigenvalue weighted by Crippen LogP contribution is -2.55. The van der Waals surface area contributed by atoms with Crippen LogP contribution < -0.4 is 26.2 Å². The van der Waals surface area contributed by atoms with E-state index in [1.807, 2.05) is 50.9 Å². The molecule has 1 aromatic rings. The summed E-state index contributed by atoms with van der Waals surface area (Å²) in [6.07, 6.45) is 9.52. The molecular formula is C44H76FN9O7. The van der Waals surface area contributed by atoms with E-state index in [2.05, 4.69) is 43.3 Å². The van der Waals surface area contributed by atoms with Gasteiger partial charge in [0.15, 0.2) is 0 Å². The fourth-order valence-corrected chi connectivity index (χ4v) is 7.08. The number of benzene rings is 1. The zero-order valence-corrected chi connectivity index (χ0v) is 37.7. The number of carbonyl (C=O) groups excluding carboxylic acids is 5. The van der Waals surface area contributed by atoms with Crippen LogP contribution in [0, 0.1) is 5.82 Å². The Balaban J connectivity index is 0.000000544. The topological polar surface area (TPSA) is 190 Å². The van der Waals surface area contributed by atoms with Crippen molar-refractivity contribution in [3.63, 3.8) is 0 Å². The number of nitrogens with zero attached hydrogens (tertiary/aromatic N) is 5. The number of piperazine rings is 2. The number of unbranched alkanes of at least 4 members (excludes halogenated alkanes) is 1. The summed E-state index contributed by atoms with van der Waals surface area (Å²) < 4.78 is 14.8. The summed E-state index contributed by atoms with van der Waals surface area (Å²) in [5.41, 5.74) is 1.37. The van der Waals surface area contributed by atoms with Crippen molar-refractivity contribution in [1.82, 2.24) is 35.6 Å². The van der Waals surface area contributed by atoms with Gasteiger partial charge < -0.3 is 35.5 Å². The summed E-state index contributed by atoms with van der Waals surface area (Å²) in [7, 11) is 0. The largest absolute Gasteiger partial charge is 0.395 e. The number of carbonyl (C=O) groups is 5. The van der Waals surface area contributed by atoms with Crippen molar-refractivity contribution < 1.29 is 38.6 Å². The number of rotatable bonds is 16. The molecule has 6 N–H and O–H groups in total. The number of likely N-dealkylation sites (tertiary alicyclic amines) is 1. The minimum atomic E-state index is -0.781. The van der Waals surface area contributed by atoms with E-state index < -0.39 is 11.6 Å². The SMILES string of the molecule is C=C(/C=C\C)N1CCN(CCCCNCCO)CC1.CC.CC.CC(=O)NC=O.O=CN1CCC(O)(CN2CCN(c3ccc(NC4CCC(=O)NC4=O)cc3F)CC2)CC1. The average molecular weight is 862 g/mol. The van der Waals surface area contributed by atoms with Gasteiger partial charge in [-0.25, -0.2) is 4.39 Å². The Hall–Kier alpha value is -4.42. The number of aliphatic hydroxyl groups is 2. The number of imide groups is 2. The van der Waals surface area contributed by atoms with Gasteiger partial charge in [0, 0.05) is 103 Å². The first-order valence-electron chi connectivity index (χ1n) is 22.0. The Morgan fingerprint density at radius 2 is 1.59 bits per heavy atom. The number of β-amino-alcohol motifs (C(OH)–C–C–N with tert-alkyl or cyclic N) is 1. The zero-order valence-electron chi connectivity index (χ0n) is 37.7. The van der Waals surface area contributed by atoms with Gasteiger partial charge in [0.2, 0.25) is 30.5 Å². The van der Waals surface area contributed by atoms with E-state index in [-0.39, 0.29) is 36.6 Å². The van der Waals surface area contributed by atoms with Crippen molar-refractivity contribution in [2.24, 2.45) is 0 Å². The predicted octanol–water partition coefficient (Wildman–Crippen LogP) is 2.54. The summed E-state index contributed by atoms with van der Waals surface area (Å²) in [5.74, 6) is -1.37. The average Bonchev–Trinajstić information content (AvgIpc) is 3.26. The first-order valence-corrected chi connectivity index (χ1v) is 22.0. The van der Waals surface area contributed by atoms with E-state index in [4.69, 9.17) is 5.11 Å². The molecule has 4 fully saturated rings. The van der Waals surface area contributed by atoms with Gasteiger partial charge in [-0.1, -0.05) is 40.3 Å². The molecule has 4 aliphatic rings. The highest BCUT2D eigenvalue weighted by atomic mass is 19.1. The maximum Gasteiger partial charge on any atom is 0.249 e. The molecule has 0 bridgehead atoms. The lowest BCUT2D eigenvalue weighted by Gasteiger charge is -2.43. The highest BCUT2D eigenvalue weighted by molar-refractivity contribution is 6.01. The van der Waals surface area contributed by atoms with E-state index in [1.165, 1.54) is 32.4 Å². The van der Waals surface area contributed by atoms with Gasteiger partial charge >= 0.3 is 0 Å². The van der Waals surface area contributed by atoms with Crippen LogP contribution in [0.25, 0.3) is 0 Å². The van der Waals surface area contributed by atoms with Crippen LogP contribution >= 0.6 is 0 Å². The van der Waals surface area contributed by atoms with Crippen molar-refractivity contribution in [1.29, 1.82) is 0 Å². The molecule has 4 aliphatic heterocycles. The van der Waals surface area contributed by atoms with E-state index in [1.54, 1.807) is 17.0 Å². The number of hydrogen-bond donors (Lipinski definition) is 6. The summed E-state index contributed by atoms with van der Waals surface area (Å²) in [5, 5.41) is 29.9. The highest BCUT2D eigenvalue weighted by Crippen LogP contribution is 2.27. The first-order chi connectivity index (χ1) is 29.4. The number of amides is 5. The Kier molecular flexibility index (Phi) is 28.1. The van der Waals surface area contributed by atoms with Crippen LogP contribution in [0.4, 0.5) is 15.8 Å². The number of halogens is 1. The van der Waals surface area contributed by atoms with E-state index in [0.717, 1.165) is 57.9 Å². The first kappa shape index (κ1) is 54.6. The molecule has 0 aliphatic carbocycles. The Bertz CT molecular complexity index is 1480. The molecule has 0 saturated carbocycles. The molecule has 1 aromatic carbocycles.